The number of hydrogen-bond donors (Lipinski definition) is 1. The molecule has 0 bridgehead atoms. The van der Waals surface area contributed by atoms with Gasteiger partial charge in [0.2, 0.25) is 21.8 Å². The van der Waals surface area contributed by atoms with Crippen LogP contribution >= 0.6 is 0 Å². The Kier molecular flexibility index (Phi) is 8.06. The second-order valence-electron chi connectivity index (χ2n) is 8.26. The zero-order chi connectivity index (χ0) is 24.9. The molecule has 0 spiro atoms. The van der Waals surface area contributed by atoms with Crippen LogP contribution in [0, 0.1) is 6.92 Å². The van der Waals surface area contributed by atoms with E-state index in [2.05, 4.69) is 5.32 Å². The molecule has 0 saturated heterocycles. The molecule has 3 aromatic rings. The Morgan fingerprint density at radius 1 is 0.971 bits per heavy atom. The first-order valence-corrected chi connectivity index (χ1v) is 12.6. The lowest BCUT2D eigenvalue weighted by atomic mass is 10.1. The molecule has 0 aliphatic carbocycles. The summed E-state index contributed by atoms with van der Waals surface area (Å²) in [4.78, 5) is 27.6. The lowest BCUT2D eigenvalue weighted by molar-refractivity contribution is -0.141. The average molecular weight is 482 g/mol. The maximum Gasteiger partial charge on any atom is 0.243 e. The molecule has 0 aromatic heterocycles. The summed E-state index contributed by atoms with van der Waals surface area (Å²) in [6.07, 6.45) is 0.401. The van der Waals surface area contributed by atoms with Crippen molar-refractivity contribution >= 4 is 32.6 Å². The Hall–Kier alpha value is -3.23. The molecular formula is C26H31N3O4S. The largest absolute Gasteiger partial charge is 0.357 e. The number of fused-ring (bicyclic) bond motifs is 1. The van der Waals surface area contributed by atoms with Gasteiger partial charge in [0.25, 0.3) is 0 Å². The Morgan fingerprint density at radius 2 is 1.62 bits per heavy atom. The van der Waals surface area contributed by atoms with Crippen molar-refractivity contribution < 1.29 is 18.0 Å². The first-order valence-electron chi connectivity index (χ1n) is 11.2. The molecule has 2 amide bonds. The fourth-order valence-corrected chi connectivity index (χ4v) is 5.09. The van der Waals surface area contributed by atoms with E-state index in [-0.39, 0.29) is 23.9 Å². The number of benzene rings is 3. The van der Waals surface area contributed by atoms with Crippen LogP contribution in [0.1, 0.15) is 24.5 Å². The minimum atomic E-state index is -3.91. The molecule has 1 unspecified atom stereocenters. The van der Waals surface area contributed by atoms with Crippen LogP contribution in [-0.2, 0) is 26.2 Å². The van der Waals surface area contributed by atoms with Gasteiger partial charge in [0.15, 0.2) is 0 Å². The smallest absolute Gasteiger partial charge is 0.243 e. The summed E-state index contributed by atoms with van der Waals surface area (Å²) in [5.74, 6) is -0.727. The third-order valence-corrected chi connectivity index (χ3v) is 7.82. The van der Waals surface area contributed by atoms with Crippen molar-refractivity contribution in [3.05, 3.63) is 77.9 Å². The Balaban J connectivity index is 1.89. The zero-order valence-electron chi connectivity index (χ0n) is 20.0. The molecule has 3 rings (SSSR count). The van der Waals surface area contributed by atoms with Gasteiger partial charge in [0, 0.05) is 20.6 Å². The summed E-state index contributed by atoms with van der Waals surface area (Å²) < 4.78 is 27.5. The quantitative estimate of drug-likeness (QED) is 0.508. The van der Waals surface area contributed by atoms with E-state index < -0.39 is 22.0 Å². The molecular weight excluding hydrogens is 450 g/mol. The molecule has 1 atom stereocenters. The summed E-state index contributed by atoms with van der Waals surface area (Å²) in [5, 5.41) is 4.35. The summed E-state index contributed by atoms with van der Waals surface area (Å²) in [5.41, 5.74) is 1.89. The van der Waals surface area contributed by atoms with E-state index in [0.29, 0.717) is 6.42 Å². The first-order chi connectivity index (χ1) is 16.2. The van der Waals surface area contributed by atoms with E-state index in [9.17, 15) is 18.0 Å². The van der Waals surface area contributed by atoms with E-state index in [1.807, 2.05) is 62.4 Å². The number of carbonyl (C=O) groups is 2. The van der Waals surface area contributed by atoms with Gasteiger partial charge in [-0.2, -0.15) is 4.31 Å². The Bertz CT molecular complexity index is 1290. The van der Waals surface area contributed by atoms with Crippen LogP contribution in [0.25, 0.3) is 10.8 Å². The molecule has 0 aliphatic rings. The van der Waals surface area contributed by atoms with Crippen molar-refractivity contribution in [2.45, 2.75) is 37.8 Å². The highest BCUT2D eigenvalue weighted by atomic mass is 32.2. The molecule has 7 nitrogen and oxygen atoms in total. The third-order valence-electron chi connectivity index (χ3n) is 6.02. The molecule has 8 heteroatoms. The van der Waals surface area contributed by atoms with Gasteiger partial charge in [-0.05, 0) is 47.4 Å². The highest BCUT2D eigenvalue weighted by Crippen LogP contribution is 2.22. The molecule has 0 saturated carbocycles. The van der Waals surface area contributed by atoms with E-state index in [1.165, 1.54) is 19.0 Å². The average Bonchev–Trinajstić information content (AvgIpc) is 2.84. The summed E-state index contributed by atoms with van der Waals surface area (Å²) in [6, 6.07) is 19.3. The Labute approximate surface area is 201 Å². The van der Waals surface area contributed by atoms with Crippen LogP contribution < -0.4 is 5.32 Å². The van der Waals surface area contributed by atoms with Crippen LogP contribution in [0.5, 0.6) is 0 Å². The van der Waals surface area contributed by atoms with Gasteiger partial charge < -0.3 is 10.2 Å². The number of likely N-dealkylation sites (N-methyl/N-ethyl adjacent to an activating group) is 2. The molecule has 0 heterocycles. The molecule has 1 N–H and O–H groups in total. The number of amides is 2. The fraction of sp³-hybridized carbons (Fsp3) is 0.308. The van der Waals surface area contributed by atoms with E-state index in [4.69, 9.17) is 0 Å². The third kappa shape index (κ3) is 5.46. The van der Waals surface area contributed by atoms with Gasteiger partial charge in [-0.1, -0.05) is 61.5 Å². The monoisotopic (exact) mass is 481 g/mol. The number of sulfonamides is 1. The number of carbonyl (C=O) groups excluding carboxylic acids is 2. The SMILES string of the molecule is CCC(C(=O)NC)N(Cc1ccccc1C)C(=O)CN(C)S(=O)(=O)c1ccc2ccccc2c1. The van der Waals surface area contributed by atoms with Crippen molar-refractivity contribution in [3.8, 4) is 0 Å². The molecule has 180 valence electrons. The minimum absolute atomic E-state index is 0.116. The van der Waals surface area contributed by atoms with Crippen LogP contribution in [0.2, 0.25) is 0 Å². The van der Waals surface area contributed by atoms with Crippen LogP contribution in [0.3, 0.4) is 0 Å². The van der Waals surface area contributed by atoms with Gasteiger partial charge in [0.05, 0.1) is 11.4 Å². The van der Waals surface area contributed by atoms with Gasteiger partial charge >= 0.3 is 0 Å². The normalized spacial score (nSPS) is 12.5. The number of aryl methyl sites for hydroxylation is 1. The van der Waals surface area contributed by atoms with E-state index >= 15 is 0 Å². The van der Waals surface area contributed by atoms with Crippen LogP contribution in [0.4, 0.5) is 0 Å². The number of nitrogens with zero attached hydrogens (tertiary/aromatic N) is 2. The highest BCUT2D eigenvalue weighted by Gasteiger charge is 2.31. The standard InChI is InChI=1S/C26H31N3O4S/c1-5-24(26(31)27-3)29(17-22-13-7-6-10-19(22)2)25(30)18-28(4)34(32,33)23-15-14-20-11-8-9-12-21(20)16-23/h6-16,24H,5,17-18H2,1-4H3,(H,27,31). The number of rotatable bonds is 9. The van der Waals surface area contributed by atoms with Gasteiger partial charge in [-0.25, -0.2) is 8.42 Å². The van der Waals surface area contributed by atoms with Gasteiger partial charge in [-0.3, -0.25) is 9.59 Å². The maximum absolute atomic E-state index is 13.4. The molecule has 34 heavy (non-hydrogen) atoms. The second kappa shape index (κ2) is 10.8. The molecule has 0 aliphatic heterocycles. The summed E-state index contributed by atoms with van der Waals surface area (Å²) >= 11 is 0. The summed E-state index contributed by atoms with van der Waals surface area (Å²) in [7, 11) is -1.00. The predicted molar refractivity (Wildman–Crippen MR) is 134 cm³/mol. The van der Waals surface area contributed by atoms with Crippen molar-refractivity contribution in [3.63, 3.8) is 0 Å². The van der Waals surface area contributed by atoms with Crippen molar-refractivity contribution in [2.24, 2.45) is 0 Å². The topological polar surface area (TPSA) is 86.8 Å². The maximum atomic E-state index is 13.4. The molecule has 0 radical (unpaired) electrons. The zero-order valence-corrected chi connectivity index (χ0v) is 20.8. The van der Waals surface area contributed by atoms with Crippen LogP contribution in [0.15, 0.2) is 71.6 Å². The summed E-state index contributed by atoms with van der Waals surface area (Å²) in [6.45, 7) is 3.60. The molecule has 3 aromatic carbocycles. The van der Waals surface area contributed by atoms with Crippen molar-refractivity contribution in [1.82, 2.24) is 14.5 Å². The van der Waals surface area contributed by atoms with Gasteiger partial charge in [-0.15, -0.1) is 0 Å². The van der Waals surface area contributed by atoms with E-state index in [1.54, 1.807) is 18.2 Å². The predicted octanol–water partition coefficient (Wildman–Crippen LogP) is 3.32. The van der Waals surface area contributed by atoms with E-state index in [0.717, 1.165) is 26.2 Å². The lowest BCUT2D eigenvalue weighted by Gasteiger charge is -2.32. The fourth-order valence-electron chi connectivity index (χ4n) is 3.93. The van der Waals surface area contributed by atoms with Crippen LogP contribution in [-0.4, -0.2) is 56.1 Å². The lowest BCUT2D eigenvalue weighted by Crippen LogP contribution is -2.51. The highest BCUT2D eigenvalue weighted by molar-refractivity contribution is 7.89. The molecule has 0 fully saturated rings. The minimum Gasteiger partial charge on any atom is -0.357 e. The second-order valence-corrected chi connectivity index (χ2v) is 10.3. The van der Waals surface area contributed by atoms with Gasteiger partial charge in [0.1, 0.15) is 6.04 Å². The number of nitrogens with one attached hydrogen (secondary N) is 1. The Morgan fingerprint density at radius 3 is 2.26 bits per heavy atom. The number of hydrogen-bond acceptors (Lipinski definition) is 4. The van der Waals surface area contributed by atoms with Crippen molar-refractivity contribution in [1.29, 1.82) is 0 Å². The van der Waals surface area contributed by atoms with Crippen molar-refractivity contribution in [2.75, 3.05) is 20.6 Å². The first kappa shape index (κ1) is 25.4.